The Morgan fingerprint density at radius 2 is 1.05 bits per heavy atom. The summed E-state index contributed by atoms with van der Waals surface area (Å²) in [6.45, 7) is 18.0. The summed E-state index contributed by atoms with van der Waals surface area (Å²) in [5.74, 6) is -5.09. The molecule has 0 saturated carbocycles. The molecule has 0 aromatic heterocycles. The zero-order valence-corrected chi connectivity index (χ0v) is 21.8. The number of carbonyl (C=O) groups is 5. The quantitative estimate of drug-likeness (QED) is 0.165. The van der Waals surface area contributed by atoms with Gasteiger partial charge in [0.25, 0.3) is 0 Å². The number of benzene rings is 1. The van der Waals surface area contributed by atoms with E-state index >= 15 is 0 Å². The molecule has 0 spiro atoms. The van der Waals surface area contributed by atoms with Crippen molar-refractivity contribution in [1.82, 2.24) is 0 Å². The minimum absolute atomic E-state index is 0.176. The van der Waals surface area contributed by atoms with E-state index in [0.717, 1.165) is 12.2 Å². The standard InChI is InChI=1S/C8H8S.C4H3NO2.2C4H6O2.2C3H4O2/c9-7-6-8-4-2-1-3-5-8;1-3(2-5)4(6)7;2*1-3(2)4(5)6;2*1-2-3(4)5/h1-7,9H;1H2,(H,6,7);2*1H2,2H3,(H,5,6);2*2H,1H2,(H,4,5). The van der Waals surface area contributed by atoms with Crippen molar-refractivity contribution in [2.45, 2.75) is 13.8 Å². The largest absolute Gasteiger partial charge is 0.478 e. The Morgan fingerprint density at radius 3 is 1.18 bits per heavy atom. The molecule has 5 N–H and O–H groups in total. The number of nitrogens with zero attached hydrogens (tertiary/aromatic N) is 1. The van der Waals surface area contributed by atoms with Gasteiger partial charge >= 0.3 is 29.8 Å². The van der Waals surface area contributed by atoms with Crippen LogP contribution in [0, 0.1) is 11.3 Å². The molecule has 12 heteroatoms. The first kappa shape index (κ1) is 43.0. The lowest BCUT2D eigenvalue weighted by atomic mass is 10.2. The van der Waals surface area contributed by atoms with Crippen LogP contribution in [0.5, 0.6) is 0 Å². The summed E-state index contributed by atoms with van der Waals surface area (Å²) in [6, 6.07) is 11.4. The second-order valence-corrected chi connectivity index (χ2v) is 6.18. The zero-order chi connectivity index (χ0) is 31.3. The number of rotatable bonds is 6. The smallest absolute Gasteiger partial charge is 0.345 e. The molecule has 1 rings (SSSR count). The number of hydrogen-bond donors (Lipinski definition) is 6. The molecule has 0 bridgehead atoms. The van der Waals surface area contributed by atoms with Crippen molar-refractivity contribution in [3.63, 3.8) is 0 Å². The van der Waals surface area contributed by atoms with Crippen molar-refractivity contribution in [2.75, 3.05) is 0 Å². The normalized spacial score (nSPS) is 7.74. The number of carboxylic acid groups (broad SMARTS) is 5. The molecule has 0 heterocycles. The molecule has 0 atom stereocenters. The first-order valence-electron chi connectivity index (χ1n) is 9.61. The lowest BCUT2D eigenvalue weighted by Gasteiger charge is -1.86. The van der Waals surface area contributed by atoms with Crippen LogP contribution in [0.4, 0.5) is 0 Å². The van der Waals surface area contributed by atoms with Crippen molar-refractivity contribution in [3.05, 3.63) is 103 Å². The molecule has 0 aliphatic heterocycles. The van der Waals surface area contributed by atoms with Crippen LogP contribution in [-0.4, -0.2) is 55.4 Å². The Morgan fingerprint density at radius 1 is 0.763 bits per heavy atom. The third kappa shape index (κ3) is 48.3. The van der Waals surface area contributed by atoms with E-state index in [-0.39, 0.29) is 11.1 Å². The number of nitriles is 1. The van der Waals surface area contributed by atoms with Gasteiger partial charge in [-0.15, -0.1) is 0 Å². The van der Waals surface area contributed by atoms with E-state index in [1.54, 1.807) is 5.41 Å². The molecule has 1 aromatic rings. The summed E-state index contributed by atoms with van der Waals surface area (Å²) in [5, 5.41) is 48.4. The Labute approximate surface area is 226 Å². The van der Waals surface area contributed by atoms with Crippen LogP contribution in [0.1, 0.15) is 19.4 Å². The fraction of sp³-hybridized carbons (Fsp3) is 0.0769. The third-order valence-corrected chi connectivity index (χ3v) is 2.69. The number of thiol groups is 1. The predicted octanol–water partition coefficient (Wildman–Crippen LogP) is 4.55. The van der Waals surface area contributed by atoms with E-state index in [1.807, 2.05) is 36.4 Å². The van der Waals surface area contributed by atoms with E-state index < -0.39 is 35.4 Å². The van der Waals surface area contributed by atoms with Gasteiger partial charge in [0.1, 0.15) is 11.6 Å². The van der Waals surface area contributed by atoms with Gasteiger partial charge < -0.3 is 25.5 Å². The van der Waals surface area contributed by atoms with Crippen LogP contribution < -0.4 is 0 Å². The molecule has 0 aliphatic rings. The number of hydrogen-bond acceptors (Lipinski definition) is 7. The summed E-state index contributed by atoms with van der Waals surface area (Å²) in [7, 11) is 0. The Kier molecular flexibility index (Phi) is 33.8. The van der Waals surface area contributed by atoms with Crippen molar-refractivity contribution in [3.8, 4) is 6.07 Å². The Balaban J connectivity index is -0.000000116. The highest BCUT2D eigenvalue weighted by Gasteiger charge is 1.97. The van der Waals surface area contributed by atoms with Crippen molar-refractivity contribution >= 4 is 48.6 Å². The molecule has 38 heavy (non-hydrogen) atoms. The van der Waals surface area contributed by atoms with Gasteiger partial charge in [-0.05, 0) is 30.9 Å². The average molecular weight is 550 g/mol. The maximum atomic E-state index is 9.61. The summed E-state index contributed by atoms with van der Waals surface area (Å²) >= 11 is 3.95. The average Bonchev–Trinajstić information content (AvgIpc) is 2.86. The van der Waals surface area contributed by atoms with Gasteiger partial charge in [0.15, 0.2) is 0 Å². The van der Waals surface area contributed by atoms with Gasteiger partial charge in [0.05, 0.1) is 0 Å². The van der Waals surface area contributed by atoms with Crippen LogP contribution >= 0.6 is 12.6 Å². The van der Waals surface area contributed by atoms with E-state index in [2.05, 4.69) is 45.5 Å². The van der Waals surface area contributed by atoms with E-state index in [9.17, 15) is 24.0 Å². The van der Waals surface area contributed by atoms with Crippen LogP contribution in [0.2, 0.25) is 0 Å². The highest BCUT2D eigenvalue weighted by atomic mass is 32.1. The minimum Gasteiger partial charge on any atom is -0.478 e. The SMILES string of the molecule is C=C(C#N)C(=O)O.C=C(C)C(=O)O.C=C(C)C(=O)O.C=CC(=O)O.C=CC(=O)O.SC=Cc1ccccc1. The van der Waals surface area contributed by atoms with E-state index in [4.69, 9.17) is 30.8 Å². The zero-order valence-electron chi connectivity index (χ0n) is 20.9. The lowest BCUT2D eigenvalue weighted by Crippen LogP contribution is -1.94. The second-order valence-electron chi connectivity index (χ2n) is 5.88. The van der Waals surface area contributed by atoms with Crippen LogP contribution in [0.3, 0.4) is 0 Å². The molecule has 11 nitrogen and oxygen atoms in total. The van der Waals surface area contributed by atoms with Crippen LogP contribution in [-0.2, 0) is 24.0 Å². The fourth-order valence-electron chi connectivity index (χ4n) is 0.698. The van der Waals surface area contributed by atoms with Gasteiger partial charge in [0.2, 0.25) is 0 Å². The summed E-state index contributed by atoms with van der Waals surface area (Å²) in [6.07, 6.45) is 3.61. The number of aliphatic carboxylic acids is 5. The van der Waals surface area contributed by atoms with Gasteiger partial charge in [-0.2, -0.15) is 17.9 Å². The van der Waals surface area contributed by atoms with E-state index in [0.29, 0.717) is 0 Å². The molecular formula is C26H31NO10S. The lowest BCUT2D eigenvalue weighted by molar-refractivity contribution is -0.133. The molecule has 0 aliphatic carbocycles. The highest BCUT2D eigenvalue weighted by Crippen LogP contribution is 2.00. The molecule has 1 aromatic carbocycles. The molecular weight excluding hydrogens is 518 g/mol. The minimum atomic E-state index is -1.26. The fourth-order valence-corrected chi connectivity index (χ4v) is 0.870. The predicted molar refractivity (Wildman–Crippen MR) is 147 cm³/mol. The second kappa shape index (κ2) is 29.9. The number of carboxylic acids is 5. The molecule has 206 valence electrons. The van der Waals surface area contributed by atoms with Crippen molar-refractivity contribution in [2.24, 2.45) is 0 Å². The van der Waals surface area contributed by atoms with Gasteiger partial charge in [-0.3, -0.25) is 0 Å². The summed E-state index contributed by atoms with van der Waals surface area (Å²) < 4.78 is 0. The monoisotopic (exact) mass is 549 g/mol. The first-order chi connectivity index (χ1) is 17.4. The molecule has 0 unspecified atom stereocenters. The van der Waals surface area contributed by atoms with Gasteiger partial charge in [0, 0.05) is 23.3 Å². The molecule has 0 radical (unpaired) electrons. The molecule has 0 fully saturated rings. The van der Waals surface area contributed by atoms with Crippen molar-refractivity contribution in [1.29, 1.82) is 5.26 Å². The van der Waals surface area contributed by atoms with Gasteiger partial charge in [-0.1, -0.05) is 63.2 Å². The topological polar surface area (TPSA) is 210 Å². The van der Waals surface area contributed by atoms with E-state index in [1.165, 1.54) is 25.5 Å². The summed E-state index contributed by atoms with van der Waals surface area (Å²) in [4.78, 5) is 47.3. The molecule has 0 amide bonds. The van der Waals surface area contributed by atoms with Crippen LogP contribution in [0.25, 0.3) is 6.08 Å². The Hall–Kier alpha value is -5.15. The third-order valence-electron chi connectivity index (χ3n) is 2.54. The maximum Gasteiger partial charge on any atom is 0.345 e. The molecule has 0 saturated heterocycles. The highest BCUT2D eigenvalue weighted by molar-refractivity contribution is 7.83. The van der Waals surface area contributed by atoms with Crippen molar-refractivity contribution < 1.29 is 49.5 Å². The van der Waals surface area contributed by atoms with Gasteiger partial charge in [-0.25, -0.2) is 24.0 Å². The summed E-state index contributed by atoms with van der Waals surface area (Å²) in [5.41, 5.74) is 1.11. The first-order valence-corrected chi connectivity index (χ1v) is 10.1. The maximum absolute atomic E-state index is 9.61. The Bertz CT molecular complexity index is 970. The van der Waals surface area contributed by atoms with Crippen LogP contribution in [0.15, 0.2) is 97.5 Å².